The van der Waals surface area contributed by atoms with Gasteiger partial charge in [0.2, 0.25) is 0 Å². The summed E-state index contributed by atoms with van der Waals surface area (Å²) < 4.78 is 10.9. The van der Waals surface area contributed by atoms with E-state index in [1.54, 1.807) is 14.2 Å². The Kier molecular flexibility index (Phi) is 6.28. The summed E-state index contributed by atoms with van der Waals surface area (Å²) in [5, 5.41) is 5.01. The normalized spacial score (nSPS) is 18.1. The minimum Gasteiger partial charge on any atom is -0.496 e. The Hall–Kier alpha value is -2.53. The lowest BCUT2D eigenvalue weighted by Crippen LogP contribution is -2.25. The lowest BCUT2D eigenvalue weighted by molar-refractivity contribution is 0.185. The Balaban J connectivity index is 1.77. The van der Waals surface area contributed by atoms with Crippen LogP contribution < -0.4 is 10.1 Å². The molecule has 0 saturated carbocycles. The van der Waals surface area contributed by atoms with Crippen LogP contribution in [0.3, 0.4) is 0 Å². The second kappa shape index (κ2) is 9.09. The fourth-order valence-corrected chi connectivity index (χ4v) is 3.94. The Labute approximate surface area is 186 Å². The average Bonchev–Trinajstić information content (AvgIpc) is 3.20. The number of aliphatic imine (C=N–C) groups is 1. The minimum atomic E-state index is -0.116. The third-order valence-electron chi connectivity index (χ3n) is 5.15. The van der Waals surface area contributed by atoms with Gasteiger partial charge in [-0.2, -0.15) is 0 Å². The van der Waals surface area contributed by atoms with Crippen molar-refractivity contribution in [2.24, 2.45) is 4.99 Å². The second-order valence-corrected chi connectivity index (χ2v) is 7.99. The molecule has 3 aromatic carbocycles. The number of rotatable bonds is 6. The molecule has 0 fully saturated rings. The lowest BCUT2D eigenvalue weighted by atomic mass is 9.95. The van der Waals surface area contributed by atoms with Gasteiger partial charge in [0.1, 0.15) is 17.6 Å². The van der Waals surface area contributed by atoms with Crippen molar-refractivity contribution in [3.63, 3.8) is 0 Å². The van der Waals surface area contributed by atoms with Crippen LogP contribution in [-0.2, 0) is 11.3 Å². The topological polar surface area (TPSA) is 42.9 Å². The first-order valence-corrected chi connectivity index (χ1v) is 10.4. The molecule has 0 amide bonds. The molecule has 0 spiro atoms. The third-order valence-corrected chi connectivity index (χ3v) is 5.65. The maximum atomic E-state index is 6.11. The Morgan fingerprint density at radius 2 is 1.50 bits per heavy atom. The fraction of sp³-hybridized carbons (Fsp3) is 0.208. The van der Waals surface area contributed by atoms with E-state index in [1.807, 2.05) is 60.7 Å². The summed E-state index contributed by atoms with van der Waals surface area (Å²) in [6, 6.07) is 21.5. The summed E-state index contributed by atoms with van der Waals surface area (Å²) in [4.78, 5) is 5.06. The summed E-state index contributed by atoms with van der Waals surface area (Å²) in [7, 11) is 3.35. The number of hydrogen-bond donors (Lipinski definition) is 1. The maximum absolute atomic E-state index is 6.11. The van der Waals surface area contributed by atoms with Crippen LogP contribution in [0.5, 0.6) is 5.75 Å². The van der Waals surface area contributed by atoms with Crippen molar-refractivity contribution in [1.29, 1.82) is 0 Å². The number of nitrogens with zero attached hydrogens (tertiary/aromatic N) is 1. The van der Waals surface area contributed by atoms with Crippen molar-refractivity contribution in [1.82, 2.24) is 5.32 Å². The second-order valence-electron chi connectivity index (χ2n) is 7.12. The Morgan fingerprint density at radius 1 is 0.867 bits per heavy atom. The Morgan fingerprint density at radius 3 is 2.10 bits per heavy atom. The molecule has 0 radical (unpaired) electrons. The first-order chi connectivity index (χ1) is 14.6. The summed E-state index contributed by atoms with van der Waals surface area (Å²) >= 11 is 12.2. The van der Waals surface area contributed by atoms with Crippen molar-refractivity contribution in [3.05, 3.63) is 99.0 Å². The van der Waals surface area contributed by atoms with E-state index in [1.165, 1.54) is 0 Å². The van der Waals surface area contributed by atoms with Gasteiger partial charge in [-0.1, -0.05) is 53.5 Å². The quantitative estimate of drug-likeness (QED) is 0.512. The van der Waals surface area contributed by atoms with E-state index < -0.39 is 0 Å². The molecule has 154 valence electrons. The molecule has 1 aliphatic rings. The van der Waals surface area contributed by atoms with Crippen molar-refractivity contribution in [3.8, 4) is 5.75 Å². The molecule has 0 saturated heterocycles. The molecule has 3 aromatic rings. The molecule has 0 bridgehead atoms. The van der Waals surface area contributed by atoms with Gasteiger partial charge in [0, 0.05) is 17.2 Å². The highest BCUT2D eigenvalue weighted by atomic mass is 35.5. The summed E-state index contributed by atoms with van der Waals surface area (Å²) in [6.45, 7) is 0.519. The smallest absolute Gasteiger partial charge is 0.133 e. The van der Waals surface area contributed by atoms with Gasteiger partial charge in [-0.25, -0.2) is 0 Å². The molecule has 1 N–H and O–H groups in total. The number of methoxy groups -OCH3 is 2. The SMILES string of the molecule is COCc1ccc(OC)c(C2=N[C@H](c3ccc(Cl)cc3)[C@H](c3ccc(Cl)cc3)N2)c1. The van der Waals surface area contributed by atoms with E-state index in [2.05, 4.69) is 11.4 Å². The molecule has 0 unspecified atom stereocenters. The van der Waals surface area contributed by atoms with Crippen LogP contribution in [0, 0.1) is 0 Å². The number of benzene rings is 3. The summed E-state index contributed by atoms with van der Waals surface area (Å²) in [5.74, 6) is 1.54. The standard InChI is InChI=1S/C24H22Cl2N2O2/c1-29-14-15-3-12-21(30-2)20(13-15)24-27-22(16-4-8-18(25)9-5-16)23(28-24)17-6-10-19(26)11-7-17/h3-13,22-23H,14H2,1-2H3,(H,27,28)/t22-,23+. The van der Waals surface area contributed by atoms with Gasteiger partial charge in [0.05, 0.1) is 25.3 Å². The van der Waals surface area contributed by atoms with Crippen LogP contribution in [-0.4, -0.2) is 20.1 Å². The molecule has 0 aromatic heterocycles. The summed E-state index contributed by atoms with van der Waals surface area (Å²) in [6.07, 6.45) is 0. The molecule has 1 aliphatic heterocycles. The van der Waals surface area contributed by atoms with E-state index >= 15 is 0 Å². The van der Waals surface area contributed by atoms with Crippen molar-refractivity contribution in [2.45, 2.75) is 18.7 Å². The number of nitrogens with one attached hydrogen (secondary N) is 1. The van der Waals surface area contributed by atoms with E-state index in [0.717, 1.165) is 33.8 Å². The highest BCUT2D eigenvalue weighted by molar-refractivity contribution is 6.30. The lowest BCUT2D eigenvalue weighted by Gasteiger charge is -2.20. The van der Waals surface area contributed by atoms with Gasteiger partial charge in [-0.3, -0.25) is 4.99 Å². The highest BCUT2D eigenvalue weighted by Crippen LogP contribution is 2.39. The van der Waals surface area contributed by atoms with Crippen LogP contribution in [0.15, 0.2) is 71.7 Å². The molecule has 6 heteroatoms. The fourth-order valence-electron chi connectivity index (χ4n) is 3.68. The zero-order valence-electron chi connectivity index (χ0n) is 16.7. The van der Waals surface area contributed by atoms with E-state index in [9.17, 15) is 0 Å². The maximum Gasteiger partial charge on any atom is 0.133 e. The third kappa shape index (κ3) is 4.31. The molecular weight excluding hydrogens is 419 g/mol. The van der Waals surface area contributed by atoms with Crippen molar-refractivity contribution >= 4 is 29.0 Å². The molecule has 1 heterocycles. The number of hydrogen-bond acceptors (Lipinski definition) is 4. The van der Waals surface area contributed by atoms with E-state index in [-0.39, 0.29) is 12.1 Å². The zero-order valence-corrected chi connectivity index (χ0v) is 18.2. The van der Waals surface area contributed by atoms with Gasteiger partial charge >= 0.3 is 0 Å². The van der Waals surface area contributed by atoms with Gasteiger partial charge in [-0.05, 0) is 53.1 Å². The van der Waals surface area contributed by atoms with Crippen LogP contribution in [0.25, 0.3) is 0 Å². The zero-order chi connectivity index (χ0) is 21.1. The van der Waals surface area contributed by atoms with Crippen LogP contribution in [0.2, 0.25) is 10.0 Å². The van der Waals surface area contributed by atoms with Crippen LogP contribution >= 0.6 is 23.2 Å². The first-order valence-electron chi connectivity index (χ1n) is 9.60. The minimum absolute atomic E-state index is 0.0470. The average molecular weight is 441 g/mol. The van der Waals surface area contributed by atoms with Gasteiger partial charge in [0.15, 0.2) is 0 Å². The molecular formula is C24H22Cl2N2O2. The largest absolute Gasteiger partial charge is 0.496 e. The van der Waals surface area contributed by atoms with Crippen molar-refractivity contribution < 1.29 is 9.47 Å². The van der Waals surface area contributed by atoms with E-state index in [4.69, 9.17) is 37.7 Å². The van der Waals surface area contributed by atoms with Crippen LogP contribution in [0.4, 0.5) is 0 Å². The van der Waals surface area contributed by atoms with Crippen LogP contribution in [0.1, 0.15) is 34.3 Å². The molecule has 4 rings (SSSR count). The van der Waals surface area contributed by atoms with Gasteiger partial charge < -0.3 is 14.8 Å². The molecule has 2 atom stereocenters. The molecule has 30 heavy (non-hydrogen) atoms. The van der Waals surface area contributed by atoms with Gasteiger partial charge in [0.25, 0.3) is 0 Å². The van der Waals surface area contributed by atoms with Crippen molar-refractivity contribution in [2.75, 3.05) is 14.2 Å². The number of amidine groups is 1. The first kappa shape index (κ1) is 20.7. The number of ether oxygens (including phenoxy) is 2. The predicted octanol–water partition coefficient (Wildman–Crippen LogP) is 5.98. The molecule has 0 aliphatic carbocycles. The highest BCUT2D eigenvalue weighted by Gasteiger charge is 2.32. The molecule has 4 nitrogen and oxygen atoms in total. The number of halogens is 2. The Bertz CT molecular complexity index is 1050. The predicted molar refractivity (Wildman–Crippen MR) is 122 cm³/mol. The summed E-state index contributed by atoms with van der Waals surface area (Å²) in [5.41, 5.74) is 4.14. The van der Waals surface area contributed by atoms with E-state index in [0.29, 0.717) is 16.7 Å². The van der Waals surface area contributed by atoms with Gasteiger partial charge in [-0.15, -0.1) is 0 Å². The monoisotopic (exact) mass is 440 g/mol.